The Labute approximate surface area is 106 Å². The first-order valence-corrected chi connectivity index (χ1v) is 5.77. The van der Waals surface area contributed by atoms with Gasteiger partial charge in [-0.1, -0.05) is 42.5 Å². The third-order valence-corrected chi connectivity index (χ3v) is 2.57. The standard InChI is InChI=1S/C15H15NO2/c17-14-8-4-5-12(9-14)10-16-11-15(18)13-6-2-1-3-7-13/h1-10,15,17-18H,11H2. The van der Waals surface area contributed by atoms with Gasteiger partial charge in [-0.05, 0) is 23.3 Å². The van der Waals surface area contributed by atoms with Crippen LogP contribution in [0.3, 0.4) is 0 Å². The van der Waals surface area contributed by atoms with E-state index in [0.717, 1.165) is 11.1 Å². The molecule has 0 aliphatic rings. The van der Waals surface area contributed by atoms with Crippen molar-refractivity contribution in [2.75, 3.05) is 6.54 Å². The number of nitrogens with zero attached hydrogens (tertiary/aromatic N) is 1. The van der Waals surface area contributed by atoms with Gasteiger partial charge in [-0.25, -0.2) is 0 Å². The number of aliphatic imine (C=N–C) groups is 1. The fourth-order valence-corrected chi connectivity index (χ4v) is 1.64. The monoisotopic (exact) mass is 241 g/mol. The van der Waals surface area contributed by atoms with Gasteiger partial charge in [0.1, 0.15) is 5.75 Å². The zero-order valence-corrected chi connectivity index (χ0v) is 9.90. The molecule has 0 aliphatic carbocycles. The molecule has 3 nitrogen and oxygen atoms in total. The Morgan fingerprint density at radius 3 is 2.56 bits per heavy atom. The van der Waals surface area contributed by atoms with Gasteiger partial charge in [0, 0.05) is 6.21 Å². The van der Waals surface area contributed by atoms with Crippen LogP contribution in [0.4, 0.5) is 0 Å². The summed E-state index contributed by atoms with van der Waals surface area (Å²) in [6.45, 7) is 0.305. The molecular weight excluding hydrogens is 226 g/mol. The summed E-state index contributed by atoms with van der Waals surface area (Å²) >= 11 is 0. The van der Waals surface area contributed by atoms with Crippen LogP contribution in [-0.2, 0) is 0 Å². The molecule has 0 saturated heterocycles. The first kappa shape index (κ1) is 12.3. The molecule has 2 aromatic carbocycles. The average Bonchev–Trinajstić information content (AvgIpc) is 2.40. The van der Waals surface area contributed by atoms with Crippen molar-refractivity contribution >= 4 is 6.21 Å². The van der Waals surface area contributed by atoms with E-state index in [4.69, 9.17) is 0 Å². The van der Waals surface area contributed by atoms with E-state index >= 15 is 0 Å². The van der Waals surface area contributed by atoms with Crippen LogP contribution in [0, 0.1) is 0 Å². The lowest BCUT2D eigenvalue weighted by Gasteiger charge is -2.07. The molecule has 0 aliphatic heterocycles. The summed E-state index contributed by atoms with van der Waals surface area (Å²) in [7, 11) is 0. The molecule has 0 radical (unpaired) electrons. The van der Waals surface area contributed by atoms with E-state index in [1.165, 1.54) is 0 Å². The lowest BCUT2D eigenvalue weighted by molar-refractivity contribution is 0.187. The Hall–Kier alpha value is -2.13. The van der Waals surface area contributed by atoms with Crippen LogP contribution in [0.25, 0.3) is 0 Å². The van der Waals surface area contributed by atoms with Gasteiger partial charge in [0.05, 0.1) is 12.6 Å². The Bertz CT molecular complexity index is 523. The topological polar surface area (TPSA) is 52.8 Å². The van der Waals surface area contributed by atoms with Crippen molar-refractivity contribution in [2.45, 2.75) is 6.10 Å². The van der Waals surface area contributed by atoms with E-state index in [0.29, 0.717) is 6.54 Å². The van der Waals surface area contributed by atoms with Crippen LogP contribution in [0.15, 0.2) is 59.6 Å². The van der Waals surface area contributed by atoms with E-state index in [9.17, 15) is 10.2 Å². The molecule has 0 heterocycles. The summed E-state index contributed by atoms with van der Waals surface area (Å²) in [5.41, 5.74) is 1.67. The molecule has 2 aromatic rings. The van der Waals surface area contributed by atoms with Gasteiger partial charge in [0.2, 0.25) is 0 Å². The highest BCUT2D eigenvalue weighted by molar-refractivity contribution is 5.80. The molecule has 18 heavy (non-hydrogen) atoms. The molecule has 0 saturated carbocycles. The minimum atomic E-state index is -0.597. The lowest BCUT2D eigenvalue weighted by Crippen LogP contribution is -2.01. The van der Waals surface area contributed by atoms with E-state index in [2.05, 4.69) is 4.99 Å². The molecule has 0 aromatic heterocycles. The number of phenolic OH excluding ortho intramolecular Hbond substituents is 1. The number of rotatable bonds is 4. The highest BCUT2D eigenvalue weighted by Gasteiger charge is 2.04. The van der Waals surface area contributed by atoms with Crippen LogP contribution in [-0.4, -0.2) is 23.0 Å². The van der Waals surface area contributed by atoms with E-state index < -0.39 is 6.10 Å². The minimum absolute atomic E-state index is 0.211. The highest BCUT2D eigenvalue weighted by atomic mass is 16.3. The number of aliphatic hydroxyl groups excluding tert-OH is 1. The zero-order valence-electron chi connectivity index (χ0n) is 9.90. The SMILES string of the molecule is Oc1cccc(C=NCC(O)c2ccccc2)c1. The van der Waals surface area contributed by atoms with Crippen molar-refractivity contribution < 1.29 is 10.2 Å². The van der Waals surface area contributed by atoms with Crippen LogP contribution in [0.1, 0.15) is 17.2 Å². The van der Waals surface area contributed by atoms with E-state index in [-0.39, 0.29) is 5.75 Å². The Kier molecular flexibility index (Phi) is 4.10. The number of phenols is 1. The summed E-state index contributed by atoms with van der Waals surface area (Å²) in [6, 6.07) is 16.3. The van der Waals surface area contributed by atoms with Gasteiger partial charge < -0.3 is 10.2 Å². The second kappa shape index (κ2) is 5.98. The third-order valence-electron chi connectivity index (χ3n) is 2.57. The van der Waals surface area contributed by atoms with Gasteiger partial charge in [0.25, 0.3) is 0 Å². The summed E-state index contributed by atoms with van der Waals surface area (Å²) in [4.78, 5) is 4.17. The van der Waals surface area contributed by atoms with Gasteiger partial charge in [-0.3, -0.25) is 4.99 Å². The van der Waals surface area contributed by atoms with Crippen LogP contribution < -0.4 is 0 Å². The van der Waals surface area contributed by atoms with Crippen molar-refractivity contribution in [3.63, 3.8) is 0 Å². The Morgan fingerprint density at radius 1 is 1.06 bits per heavy atom. The maximum Gasteiger partial charge on any atom is 0.116 e. The normalized spacial score (nSPS) is 12.7. The van der Waals surface area contributed by atoms with Crippen LogP contribution in [0.2, 0.25) is 0 Å². The molecule has 0 spiro atoms. The van der Waals surface area contributed by atoms with Crippen molar-refractivity contribution in [3.05, 3.63) is 65.7 Å². The molecule has 92 valence electrons. The van der Waals surface area contributed by atoms with Gasteiger partial charge in [-0.15, -0.1) is 0 Å². The van der Waals surface area contributed by atoms with Crippen molar-refractivity contribution in [1.82, 2.24) is 0 Å². The maximum absolute atomic E-state index is 9.89. The quantitative estimate of drug-likeness (QED) is 0.808. The number of hydrogen-bond acceptors (Lipinski definition) is 3. The van der Waals surface area contributed by atoms with Crippen LogP contribution >= 0.6 is 0 Å². The summed E-state index contributed by atoms with van der Waals surface area (Å²) in [6.07, 6.45) is 1.05. The number of benzene rings is 2. The number of aromatic hydroxyl groups is 1. The third kappa shape index (κ3) is 3.43. The maximum atomic E-state index is 9.89. The second-order valence-electron chi connectivity index (χ2n) is 4.02. The van der Waals surface area contributed by atoms with Crippen LogP contribution in [0.5, 0.6) is 5.75 Å². The second-order valence-corrected chi connectivity index (χ2v) is 4.02. The van der Waals surface area contributed by atoms with E-state index in [1.807, 2.05) is 36.4 Å². The molecule has 2 N–H and O–H groups in total. The largest absolute Gasteiger partial charge is 0.508 e. The molecule has 1 unspecified atom stereocenters. The number of aliphatic hydroxyl groups is 1. The smallest absolute Gasteiger partial charge is 0.116 e. The zero-order chi connectivity index (χ0) is 12.8. The van der Waals surface area contributed by atoms with E-state index in [1.54, 1.807) is 24.4 Å². The average molecular weight is 241 g/mol. The predicted molar refractivity (Wildman–Crippen MR) is 72.0 cm³/mol. The highest BCUT2D eigenvalue weighted by Crippen LogP contribution is 2.12. The summed E-state index contributed by atoms with van der Waals surface area (Å²) < 4.78 is 0. The molecule has 2 rings (SSSR count). The first-order valence-electron chi connectivity index (χ1n) is 5.77. The summed E-state index contributed by atoms with van der Waals surface area (Å²) in [5, 5.41) is 19.2. The first-order chi connectivity index (χ1) is 8.75. The van der Waals surface area contributed by atoms with Crippen molar-refractivity contribution in [1.29, 1.82) is 0 Å². The van der Waals surface area contributed by atoms with Gasteiger partial charge >= 0.3 is 0 Å². The fourth-order valence-electron chi connectivity index (χ4n) is 1.64. The molecule has 0 amide bonds. The molecule has 1 atom stereocenters. The molecule has 3 heteroatoms. The van der Waals surface area contributed by atoms with Gasteiger partial charge in [-0.2, -0.15) is 0 Å². The molecule has 0 fully saturated rings. The minimum Gasteiger partial charge on any atom is -0.508 e. The Balaban J connectivity index is 1.96. The fraction of sp³-hybridized carbons (Fsp3) is 0.133. The Morgan fingerprint density at radius 2 is 1.83 bits per heavy atom. The lowest BCUT2D eigenvalue weighted by atomic mass is 10.1. The van der Waals surface area contributed by atoms with Crippen molar-refractivity contribution in [3.8, 4) is 5.75 Å². The van der Waals surface area contributed by atoms with Crippen molar-refractivity contribution in [2.24, 2.45) is 4.99 Å². The molecular formula is C15H15NO2. The number of hydrogen-bond donors (Lipinski definition) is 2. The predicted octanol–water partition coefficient (Wildman–Crippen LogP) is 2.54. The molecule has 0 bridgehead atoms. The summed E-state index contributed by atoms with van der Waals surface area (Å²) in [5.74, 6) is 0.211. The van der Waals surface area contributed by atoms with Gasteiger partial charge in [0.15, 0.2) is 0 Å².